The molecule has 0 aromatic heterocycles. The van der Waals surface area contributed by atoms with Gasteiger partial charge in [-0.25, -0.2) is 0 Å². The van der Waals surface area contributed by atoms with Crippen molar-refractivity contribution in [1.29, 1.82) is 0 Å². The highest BCUT2D eigenvalue weighted by Gasteiger charge is 2.32. The van der Waals surface area contributed by atoms with Crippen molar-refractivity contribution in [3.8, 4) is 0 Å². The molecule has 2 nitrogen and oxygen atoms in total. The van der Waals surface area contributed by atoms with Crippen molar-refractivity contribution < 1.29 is 0 Å². The zero-order valence-corrected chi connectivity index (χ0v) is 12.3. The minimum absolute atomic E-state index is 0.446. The number of hydrogen-bond acceptors (Lipinski definition) is 2. The SMILES string of the molecule is CN(CC1CCCCC1)CC1(CN)CCCCC1. The van der Waals surface area contributed by atoms with Gasteiger partial charge in [-0.15, -0.1) is 0 Å². The van der Waals surface area contributed by atoms with Gasteiger partial charge in [-0.2, -0.15) is 0 Å². The number of hydrogen-bond donors (Lipinski definition) is 1. The van der Waals surface area contributed by atoms with Gasteiger partial charge >= 0.3 is 0 Å². The van der Waals surface area contributed by atoms with Gasteiger partial charge in [0.2, 0.25) is 0 Å². The Kier molecular flexibility index (Phi) is 5.50. The van der Waals surface area contributed by atoms with Gasteiger partial charge in [0.15, 0.2) is 0 Å². The highest BCUT2D eigenvalue weighted by atomic mass is 15.1. The van der Waals surface area contributed by atoms with Crippen LogP contribution < -0.4 is 5.73 Å². The predicted molar refractivity (Wildman–Crippen MR) is 78.6 cm³/mol. The van der Waals surface area contributed by atoms with Crippen LogP contribution in [0, 0.1) is 11.3 Å². The molecule has 2 fully saturated rings. The summed E-state index contributed by atoms with van der Waals surface area (Å²) in [7, 11) is 2.32. The second-order valence-electron chi connectivity index (χ2n) is 6.97. The minimum atomic E-state index is 0.446. The lowest BCUT2D eigenvalue weighted by atomic mass is 9.73. The van der Waals surface area contributed by atoms with Crippen LogP contribution in [0.2, 0.25) is 0 Å². The van der Waals surface area contributed by atoms with E-state index >= 15 is 0 Å². The maximum atomic E-state index is 6.09. The molecule has 106 valence electrons. The van der Waals surface area contributed by atoms with Crippen LogP contribution in [0.4, 0.5) is 0 Å². The summed E-state index contributed by atoms with van der Waals surface area (Å²) < 4.78 is 0. The third kappa shape index (κ3) is 3.96. The first-order valence-corrected chi connectivity index (χ1v) is 8.13. The van der Waals surface area contributed by atoms with Crippen molar-refractivity contribution >= 4 is 0 Å². The van der Waals surface area contributed by atoms with Crippen LogP contribution in [0.1, 0.15) is 64.2 Å². The Morgan fingerprint density at radius 1 is 1.00 bits per heavy atom. The summed E-state index contributed by atoms with van der Waals surface area (Å²) in [6.07, 6.45) is 14.2. The van der Waals surface area contributed by atoms with E-state index in [9.17, 15) is 0 Å². The number of rotatable bonds is 5. The van der Waals surface area contributed by atoms with Gasteiger partial charge < -0.3 is 10.6 Å². The van der Waals surface area contributed by atoms with E-state index in [2.05, 4.69) is 11.9 Å². The Labute approximate surface area is 113 Å². The molecule has 0 radical (unpaired) electrons. The van der Waals surface area contributed by atoms with Crippen LogP contribution in [0.15, 0.2) is 0 Å². The highest BCUT2D eigenvalue weighted by Crippen LogP contribution is 2.36. The summed E-state index contributed by atoms with van der Waals surface area (Å²) in [4.78, 5) is 2.59. The molecule has 2 N–H and O–H groups in total. The predicted octanol–water partition coefficient (Wildman–Crippen LogP) is 3.41. The highest BCUT2D eigenvalue weighted by molar-refractivity contribution is 4.86. The van der Waals surface area contributed by atoms with E-state index in [1.807, 2.05) is 0 Å². The molecule has 0 saturated heterocycles. The molecule has 0 bridgehead atoms. The second kappa shape index (κ2) is 6.91. The fourth-order valence-corrected chi connectivity index (χ4v) is 4.18. The summed E-state index contributed by atoms with van der Waals surface area (Å²) in [6.45, 7) is 3.43. The lowest BCUT2D eigenvalue weighted by molar-refractivity contribution is 0.111. The lowest BCUT2D eigenvalue weighted by Crippen LogP contribution is -2.44. The lowest BCUT2D eigenvalue weighted by Gasteiger charge is -2.40. The molecular weight excluding hydrogens is 220 g/mol. The first kappa shape index (κ1) is 14.3. The molecule has 0 amide bonds. The molecule has 0 heterocycles. The molecule has 0 spiro atoms. The van der Waals surface area contributed by atoms with Crippen LogP contribution in [-0.4, -0.2) is 31.6 Å². The monoisotopic (exact) mass is 252 g/mol. The van der Waals surface area contributed by atoms with E-state index in [1.54, 1.807) is 0 Å². The largest absolute Gasteiger partial charge is 0.330 e. The summed E-state index contributed by atoms with van der Waals surface area (Å²) in [5.41, 5.74) is 6.54. The zero-order valence-electron chi connectivity index (χ0n) is 12.3. The van der Waals surface area contributed by atoms with Gasteiger partial charge in [0.25, 0.3) is 0 Å². The van der Waals surface area contributed by atoms with Gasteiger partial charge in [-0.3, -0.25) is 0 Å². The average Bonchev–Trinajstić information content (AvgIpc) is 2.41. The molecule has 0 atom stereocenters. The minimum Gasteiger partial charge on any atom is -0.330 e. The Bertz CT molecular complexity index is 227. The molecule has 2 aliphatic rings. The molecule has 2 rings (SSSR count). The van der Waals surface area contributed by atoms with Crippen molar-refractivity contribution in [2.45, 2.75) is 64.2 Å². The van der Waals surface area contributed by atoms with Gasteiger partial charge in [-0.05, 0) is 50.6 Å². The molecule has 2 saturated carbocycles. The van der Waals surface area contributed by atoms with Gasteiger partial charge in [0, 0.05) is 13.1 Å². The smallest absolute Gasteiger partial charge is 0.00471 e. The van der Waals surface area contributed by atoms with Crippen LogP contribution in [-0.2, 0) is 0 Å². The molecule has 2 heteroatoms. The maximum Gasteiger partial charge on any atom is 0.00471 e. The molecule has 0 aromatic rings. The van der Waals surface area contributed by atoms with Gasteiger partial charge in [0.1, 0.15) is 0 Å². The summed E-state index contributed by atoms with van der Waals surface area (Å²) in [6, 6.07) is 0. The van der Waals surface area contributed by atoms with Crippen molar-refractivity contribution in [3.63, 3.8) is 0 Å². The van der Waals surface area contributed by atoms with E-state index in [4.69, 9.17) is 5.73 Å². The van der Waals surface area contributed by atoms with Crippen LogP contribution in [0.3, 0.4) is 0 Å². The van der Waals surface area contributed by atoms with E-state index in [0.717, 1.165) is 12.5 Å². The van der Waals surface area contributed by atoms with E-state index in [0.29, 0.717) is 5.41 Å². The quantitative estimate of drug-likeness (QED) is 0.812. The fourth-order valence-electron chi connectivity index (χ4n) is 4.18. The van der Waals surface area contributed by atoms with Crippen molar-refractivity contribution in [3.05, 3.63) is 0 Å². The summed E-state index contributed by atoms with van der Waals surface area (Å²) in [5.74, 6) is 0.960. The molecule has 0 unspecified atom stereocenters. The first-order chi connectivity index (χ1) is 8.74. The second-order valence-corrected chi connectivity index (χ2v) is 6.97. The Morgan fingerprint density at radius 2 is 1.61 bits per heavy atom. The Balaban J connectivity index is 1.78. The van der Waals surface area contributed by atoms with Gasteiger partial charge in [-0.1, -0.05) is 38.5 Å². The van der Waals surface area contributed by atoms with E-state index < -0.39 is 0 Å². The summed E-state index contributed by atoms with van der Waals surface area (Å²) in [5, 5.41) is 0. The molecule has 0 aromatic carbocycles. The average molecular weight is 252 g/mol. The van der Waals surface area contributed by atoms with Crippen molar-refractivity contribution in [2.24, 2.45) is 17.1 Å². The topological polar surface area (TPSA) is 29.3 Å². The van der Waals surface area contributed by atoms with Crippen LogP contribution in [0.5, 0.6) is 0 Å². The normalized spacial score (nSPS) is 25.5. The van der Waals surface area contributed by atoms with E-state index in [-0.39, 0.29) is 0 Å². The standard InChI is InChI=1S/C16H32N2/c1-18(12-15-8-4-2-5-9-15)14-16(13-17)10-6-3-7-11-16/h15H,2-14,17H2,1H3. The van der Waals surface area contributed by atoms with Gasteiger partial charge in [0.05, 0.1) is 0 Å². The van der Waals surface area contributed by atoms with Crippen LogP contribution in [0.25, 0.3) is 0 Å². The fraction of sp³-hybridized carbons (Fsp3) is 1.00. The Hall–Kier alpha value is -0.0800. The molecule has 18 heavy (non-hydrogen) atoms. The maximum absolute atomic E-state index is 6.09. The number of nitrogens with two attached hydrogens (primary N) is 1. The van der Waals surface area contributed by atoms with Crippen molar-refractivity contribution in [1.82, 2.24) is 4.90 Å². The zero-order chi connectivity index (χ0) is 12.8. The Morgan fingerprint density at radius 3 is 2.22 bits per heavy atom. The molecule has 2 aliphatic carbocycles. The first-order valence-electron chi connectivity index (χ1n) is 8.13. The van der Waals surface area contributed by atoms with Crippen molar-refractivity contribution in [2.75, 3.05) is 26.7 Å². The third-order valence-corrected chi connectivity index (χ3v) is 5.25. The number of nitrogens with zero attached hydrogens (tertiary/aromatic N) is 1. The summed E-state index contributed by atoms with van der Waals surface area (Å²) >= 11 is 0. The molecular formula is C16H32N2. The third-order valence-electron chi connectivity index (χ3n) is 5.25. The van der Waals surface area contributed by atoms with Crippen LogP contribution >= 0.6 is 0 Å². The molecule has 0 aliphatic heterocycles. The van der Waals surface area contributed by atoms with E-state index in [1.165, 1.54) is 77.3 Å².